The van der Waals surface area contributed by atoms with E-state index >= 15 is 0 Å². The maximum atomic E-state index is 11.9. The number of aryl methyl sites for hydroxylation is 1. The maximum Gasteiger partial charge on any atom is 0.250 e. The number of aromatic nitrogens is 1. The third-order valence-electron chi connectivity index (χ3n) is 4.04. The Bertz CT molecular complexity index is 758. The summed E-state index contributed by atoms with van der Waals surface area (Å²) in [6.07, 6.45) is 4.54. The van der Waals surface area contributed by atoms with E-state index in [1.165, 1.54) is 5.57 Å². The van der Waals surface area contributed by atoms with E-state index in [4.69, 9.17) is 5.73 Å². The zero-order valence-corrected chi connectivity index (χ0v) is 13.5. The molecule has 1 aromatic heterocycles. The maximum absolute atomic E-state index is 11.9. The first kappa shape index (κ1) is 15.4. The van der Waals surface area contributed by atoms with Gasteiger partial charge in [0, 0.05) is 38.0 Å². The van der Waals surface area contributed by atoms with Crippen molar-refractivity contribution in [1.82, 2.24) is 20.3 Å². The molecule has 0 atom stereocenters. The van der Waals surface area contributed by atoms with Gasteiger partial charge in [0.25, 0.3) is 5.56 Å². The second-order valence-electron chi connectivity index (χ2n) is 5.53. The second kappa shape index (κ2) is 6.29. The Kier molecular flexibility index (Phi) is 4.20. The van der Waals surface area contributed by atoms with Crippen LogP contribution in [0.2, 0.25) is 0 Å². The van der Waals surface area contributed by atoms with Gasteiger partial charge in [0.1, 0.15) is 11.7 Å². The number of fused-ring (bicyclic) bond motifs is 1. The van der Waals surface area contributed by atoms with Gasteiger partial charge in [-0.1, -0.05) is 6.92 Å². The molecule has 0 saturated carbocycles. The fourth-order valence-corrected chi connectivity index (χ4v) is 2.70. The first-order chi connectivity index (χ1) is 11.1. The van der Waals surface area contributed by atoms with Gasteiger partial charge in [-0.15, -0.1) is 0 Å². The molecule has 2 aliphatic rings. The second-order valence-corrected chi connectivity index (χ2v) is 5.53. The molecule has 7 heteroatoms. The molecule has 23 heavy (non-hydrogen) atoms. The van der Waals surface area contributed by atoms with Gasteiger partial charge < -0.3 is 15.6 Å². The van der Waals surface area contributed by atoms with E-state index in [0.717, 1.165) is 30.2 Å². The summed E-state index contributed by atoms with van der Waals surface area (Å²) in [7, 11) is 0. The standard InChI is InChI=1S/C16H22N6O/c1-3-12-10-19-22-14(8-13(17)20-16(12)22)18-9-11-5-6-21(4-2)15(23)7-11/h5-8,18-19H,3-4,9-10H2,1-2H3,(H2,17,20). The van der Waals surface area contributed by atoms with Crippen molar-refractivity contribution in [3.8, 4) is 0 Å². The Morgan fingerprint density at radius 2 is 2.26 bits per heavy atom. The first-order valence-corrected chi connectivity index (χ1v) is 7.87. The molecule has 3 rings (SSSR count). The highest BCUT2D eigenvalue weighted by molar-refractivity contribution is 5.93. The highest BCUT2D eigenvalue weighted by Crippen LogP contribution is 2.25. The number of hydrogen-bond donors (Lipinski definition) is 3. The van der Waals surface area contributed by atoms with Crippen LogP contribution >= 0.6 is 0 Å². The highest BCUT2D eigenvalue weighted by Gasteiger charge is 2.27. The molecule has 0 aromatic carbocycles. The van der Waals surface area contributed by atoms with E-state index in [9.17, 15) is 4.79 Å². The van der Waals surface area contributed by atoms with Crippen molar-refractivity contribution in [2.24, 2.45) is 10.7 Å². The van der Waals surface area contributed by atoms with Gasteiger partial charge in [-0.05, 0) is 30.5 Å². The minimum atomic E-state index is 0.0126. The number of hydrogen-bond acceptors (Lipinski definition) is 6. The number of rotatable bonds is 5. The van der Waals surface area contributed by atoms with E-state index in [-0.39, 0.29) is 5.56 Å². The lowest BCUT2D eigenvalue weighted by Gasteiger charge is -2.27. The fourth-order valence-electron chi connectivity index (χ4n) is 2.70. The molecule has 0 unspecified atom stereocenters. The molecule has 0 aliphatic carbocycles. The van der Waals surface area contributed by atoms with Gasteiger partial charge in [-0.25, -0.2) is 15.4 Å². The molecule has 0 bridgehead atoms. The van der Waals surface area contributed by atoms with Crippen LogP contribution in [-0.2, 0) is 13.1 Å². The van der Waals surface area contributed by atoms with Crippen molar-refractivity contribution in [2.75, 3.05) is 6.54 Å². The molecule has 0 fully saturated rings. The minimum Gasteiger partial charge on any atom is -0.384 e. The number of nitrogens with zero attached hydrogens (tertiary/aromatic N) is 3. The van der Waals surface area contributed by atoms with Gasteiger partial charge in [0.15, 0.2) is 5.82 Å². The molecular weight excluding hydrogens is 292 g/mol. The SMILES string of the molecule is CCC1=C2N=C(N)C=C(NCc3ccn(CC)c(=O)c3)N2NC1. The molecule has 3 heterocycles. The van der Waals surface area contributed by atoms with Crippen molar-refractivity contribution in [1.29, 1.82) is 0 Å². The molecule has 4 N–H and O–H groups in total. The van der Waals surface area contributed by atoms with Crippen molar-refractivity contribution >= 4 is 5.84 Å². The zero-order valence-electron chi connectivity index (χ0n) is 13.5. The Morgan fingerprint density at radius 3 is 2.96 bits per heavy atom. The Hall–Kier alpha value is -2.54. The average Bonchev–Trinajstić information content (AvgIpc) is 2.95. The summed E-state index contributed by atoms with van der Waals surface area (Å²) >= 11 is 0. The van der Waals surface area contributed by atoms with Crippen molar-refractivity contribution < 1.29 is 0 Å². The van der Waals surface area contributed by atoms with E-state index in [1.807, 2.05) is 24.2 Å². The number of amidine groups is 1. The van der Waals surface area contributed by atoms with Crippen molar-refractivity contribution in [3.05, 3.63) is 57.5 Å². The van der Waals surface area contributed by atoms with Gasteiger partial charge in [-0.2, -0.15) is 0 Å². The monoisotopic (exact) mass is 314 g/mol. The molecule has 2 aliphatic heterocycles. The topological polar surface area (TPSA) is 87.7 Å². The largest absolute Gasteiger partial charge is 0.384 e. The lowest BCUT2D eigenvalue weighted by Crippen LogP contribution is -2.40. The third-order valence-corrected chi connectivity index (χ3v) is 4.04. The van der Waals surface area contributed by atoms with Crippen LogP contribution in [-0.4, -0.2) is 22.0 Å². The highest BCUT2D eigenvalue weighted by atomic mass is 16.1. The average molecular weight is 314 g/mol. The number of hydrazine groups is 1. The van der Waals surface area contributed by atoms with E-state index in [1.54, 1.807) is 16.7 Å². The summed E-state index contributed by atoms with van der Waals surface area (Å²) in [6, 6.07) is 3.60. The van der Waals surface area contributed by atoms with Gasteiger partial charge >= 0.3 is 0 Å². The van der Waals surface area contributed by atoms with Gasteiger partial charge in [-0.3, -0.25) is 4.79 Å². The molecule has 7 nitrogen and oxygen atoms in total. The lowest BCUT2D eigenvalue weighted by atomic mass is 10.2. The van der Waals surface area contributed by atoms with Crippen LogP contribution in [0, 0.1) is 0 Å². The van der Waals surface area contributed by atoms with Crippen LogP contribution in [0.3, 0.4) is 0 Å². The third kappa shape index (κ3) is 3.00. The summed E-state index contributed by atoms with van der Waals surface area (Å²) in [5, 5.41) is 5.25. The molecule has 0 radical (unpaired) electrons. The molecule has 0 saturated heterocycles. The first-order valence-electron chi connectivity index (χ1n) is 7.87. The van der Waals surface area contributed by atoms with Crippen LogP contribution in [0.4, 0.5) is 0 Å². The summed E-state index contributed by atoms with van der Waals surface area (Å²) in [6.45, 7) is 6.05. The number of nitrogens with two attached hydrogens (primary N) is 1. The quantitative estimate of drug-likeness (QED) is 0.741. The number of aliphatic imine (C=N–C) groups is 1. The molecule has 0 spiro atoms. The molecular formula is C16H22N6O. The number of nitrogens with one attached hydrogen (secondary N) is 2. The summed E-state index contributed by atoms with van der Waals surface area (Å²) in [5.74, 6) is 2.20. The Morgan fingerprint density at radius 1 is 1.43 bits per heavy atom. The summed E-state index contributed by atoms with van der Waals surface area (Å²) < 4.78 is 1.67. The summed E-state index contributed by atoms with van der Waals surface area (Å²) in [5.41, 5.74) is 11.4. The molecule has 0 amide bonds. The van der Waals surface area contributed by atoms with Gasteiger partial charge in [0.05, 0.1) is 0 Å². The van der Waals surface area contributed by atoms with Crippen LogP contribution in [0.15, 0.2) is 51.4 Å². The van der Waals surface area contributed by atoms with Crippen molar-refractivity contribution in [3.63, 3.8) is 0 Å². The lowest BCUT2D eigenvalue weighted by molar-refractivity contribution is 0.322. The fraction of sp³-hybridized carbons (Fsp3) is 0.375. The molecule has 1 aromatic rings. The predicted octanol–water partition coefficient (Wildman–Crippen LogP) is 0.612. The van der Waals surface area contributed by atoms with Crippen LogP contribution < -0.4 is 22.0 Å². The van der Waals surface area contributed by atoms with Crippen LogP contribution in [0.1, 0.15) is 25.8 Å². The van der Waals surface area contributed by atoms with E-state index in [0.29, 0.717) is 18.9 Å². The molecule has 122 valence electrons. The minimum absolute atomic E-state index is 0.0126. The normalized spacial score (nSPS) is 17.0. The van der Waals surface area contributed by atoms with Crippen LogP contribution in [0.5, 0.6) is 0 Å². The smallest absolute Gasteiger partial charge is 0.250 e. The van der Waals surface area contributed by atoms with E-state index < -0.39 is 0 Å². The van der Waals surface area contributed by atoms with E-state index in [2.05, 4.69) is 22.7 Å². The van der Waals surface area contributed by atoms with Gasteiger partial charge in [0.2, 0.25) is 0 Å². The predicted molar refractivity (Wildman–Crippen MR) is 90.1 cm³/mol. The van der Waals surface area contributed by atoms with Crippen molar-refractivity contribution in [2.45, 2.75) is 33.4 Å². The Labute approximate surface area is 135 Å². The zero-order chi connectivity index (χ0) is 16.4. The summed E-state index contributed by atoms with van der Waals surface area (Å²) in [4.78, 5) is 16.3. The number of pyridine rings is 1. The Balaban J connectivity index is 1.76. The van der Waals surface area contributed by atoms with Crippen LogP contribution in [0.25, 0.3) is 0 Å².